The number of epoxide rings is 1. The molecule has 0 bridgehead atoms. The molecule has 6 rings (SSSR count). The van der Waals surface area contributed by atoms with Gasteiger partial charge in [-0.15, -0.1) is 0 Å². The number of amides is 1. The van der Waals surface area contributed by atoms with Crippen molar-refractivity contribution in [1.29, 1.82) is 0 Å². The van der Waals surface area contributed by atoms with E-state index in [-0.39, 0.29) is 12.0 Å². The molecular formula is C33H33N3O3. The van der Waals surface area contributed by atoms with E-state index in [0.717, 1.165) is 52.4 Å². The fourth-order valence-electron chi connectivity index (χ4n) is 5.22. The maximum Gasteiger partial charge on any atom is 0.229 e. The summed E-state index contributed by atoms with van der Waals surface area (Å²) in [7, 11) is 0. The predicted octanol–water partition coefficient (Wildman–Crippen LogP) is 6.71. The molecule has 6 nitrogen and oxygen atoms in total. The van der Waals surface area contributed by atoms with E-state index in [0.29, 0.717) is 24.8 Å². The van der Waals surface area contributed by atoms with Gasteiger partial charge in [-0.05, 0) is 53.3 Å². The van der Waals surface area contributed by atoms with Gasteiger partial charge in [-0.1, -0.05) is 80.3 Å². The van der Waals surface area contributed by atoms with Crippen molar-refractivity contribution in [3.8, 4) is 17.0 Å². The van der Waals surface area contributed by atoms with Crippen molar-refractivity contribution in [2.45, 2.75) is 51.2 Å². The quantitative estimate of drug-likeness (QED) is 0.236. The fraction of sp³-hybridized carbons (Fsp3) is 0.303. The number of aromatic nitrogens is 2. The lowest BCUT2D eigenvalue weighted by atomic mass is 10.0. The number of benzene rings is 3. The van der Waals surface area contributed by atoms with E-state index in [2.05, 4.69) is 22.4 Å². The smallest absolute Gasteiger partial charge is 0.229 e. The van der Waals surface area contributed by atoms with Crippen molar-refractivity contribution >= 4 is 11.7 Å². The first-order valence-corrected chi connectivity index (χ1v) is 13.8. The van der Waals surface area contributed by atoms with Crippen LogP contribution in [0.1, 0.15) is 54.2 Å². The number of anilines is 1. The minimum atomic E-state index is -0.0833. The first-order valence-electron chi connectivity index (χ1n) is 13.8. The summed E-state index contributed by atoms with van der Waals surface area (Å²) in [4.78, 5) is 22.6. The van der Waals surface area contributed by atoms with Gasteiger partial charge in [0.25, 0.3) is 0 Å². The maximum atomic E-state index is 12.9. The molecule has 1 unspecified atom stereocenters. The SMILES string of the molecule is O=C(Cc1ccc(C2CO2)cc1)Nc1ncc(-c2ccc(OCc3ccccc3)cc2)nc1CC1CCCC1. The molecular weight excluding hydrogens is 486 g/mol. The average Bonchev–Trinajstić information content (AvgIpc) is 3.70. The maximum absolute atomic E-state index is 12.9. The third-order valence-electron chi connectivity index (χ3n) is 7.51. The van der Waals surface area contributed by atoms with E-state index < -0.39 is 0 Å². The van der Waals surface area contributed by atoms with Crippen molar-refractivity contribution in [2.75, 3.05) is 11.9 Å². The highest BCUT2D eigenvalue weighted by Gasteiger charge is 2.24. The molecule has 1 N–H and O–H groups in total. The Kier molecular flexibility index (Phi) is 7.63. The minimum absolute atomic E-state index is 0.0833. The molecule has 6 heteroatoms. The Hall–Kier alpha value is -4.03. The molecule has 1 aromatic heterocycles. The Labute approximate surface area is 229 Å². The van der Waals surface area contributed by atoms with Crippen LogP contribution < -0.4 is 10.1 Å². The largest absolute Gasteiger partial charge is 0.489 e. The Morgan fingerprint density at radius 3 is 2.38 bits per heavy atom. The number of nitrogens with one attached hydrogen (secondary N) is 1. The van der Waals surface area contributed by atoms with Crippen LogP contribution in [0.3, 0.4) is 0 Å². The van der Waals surface area contributed by atoms with Crippen molar-refractivity contribution in [1.82, 2.24) is 9.97 Å². The monoisotopic (exact) mass is 519 g/mol. The van der Waals surface area contributed by atoms with E-state index in [1.807, 2.05) is 66.7 Å². The van der Waals surface area contributed by atoms with E-state index in [4.69, 9.17) is 14.5 Å². The van der Waals surface area contributed by atoms with Gasteiger partial charge in [0.2, 0.25) is 5.91 Å². The van der Waals surface area contributed by atoms with Crippen LogP contribution in [0, 0.1) is 5.92 Å². The number of ether oxygens (including phenoxy) is 2. The zero-order valence-electron chi connectivity index (χ0n) is 22.0. The van der Waals surface area contributed by atoms with Gasteiger partial charge < -0.3 is 14.8 Å². The highest BCUT2D eigenvalue weighted by molar-refractivity contribution is 5.92. The summed E-state index contributed by atoms with van der Waals surface area (Å²) in [6.45, 7) is 1.31. The standard InChI is InChI=1S/C33H33N3O3/c37-32(19-24-10-12-27(13-11-24)31-22-39-31)36-33-29(18-23-6-4-5-7-23)35-30(20-34-33)26-14-16-28(17-15-26)38-21-25-8-2-1-3-9-25/h1-3,8-17,20,23,31H,4-7,18-19,21-22H2,(H,34,36,37). The Bertz CT molecular complexity index is 1390. The van der Waals surface area contributed by atoms with Gasteiger partial charge >= 0.3 is 0 Å². The third-order valence-corrected chi connectivity index (χ3v) is 7.51. The van der Waals surface area contributed by atoms with Gasteiger partial charge in [0.1, 0.15) is 18.5 Å². The van der Waals surface area contributed by atoms with Gasteiger partial charge in [0.15, 0.2) is 5.82 Å². The first-order chi connectivity index (χ1) is 19.2. The van der Waals surface area contributed by atoms with Gasteiger partial charge in [-0.25, -0.2) is 9.97 Å². The Morgan fingerprint density at radius 2 is 1.67 bits per heavy atom. The van der Waals surface area contributed by atoms with Gasteiger partial charge in [-0.3, -0.25) is 4.79 Å². The zero-order chi connectivity index (χ0) is 26.4. The summed E-state index contributed by atoms with van der Waals surface area (Å²) in [5, 5.41) is 3.05. The molecule has 1 aliphatic heterocycles. The summed E-state index contributed by atoms with van der Waals surface area (Å²) in [6, 6.07) is 26.2. The lowest BCUT2D eigenvalue weighted by molar-refractivity contribution is -0.115. The summed E-state index contributed by atoms with van der Waals surface area (Å²) in [6.07, 6.45) is 7.99. The normalized spacial score (nSPS) is 16.7. The first kappa shape index (κ1) is 25.3. The number of nitrogens with zero attached hydrogens (tertiary/aromatic N) is 2. The summed E-state index contributed by atoms with van der Waals surface area (Å²) < 4.78 is 11.3. The highest BCUT2D eigenvalue weighted by Crippen LogP contribution is 2.31. The van der Waals surface area contributed by atoms with Crippen LogP contribution in [0.25, 0.3) is 11.3 Å². The Balaban J connectivity index is 1.15. The van der Waals surface area contributed by atoms with E-state index in [1.54, 1.807) is 6.20 Å². The molecule has 1 amide bonds. The molecule has 198 valence electrons. The fourth-order valence-corrected chi connectivity index (χ4v) is 5.22. The lowest BCUT2D eigenvalue weighted by Crippen LogP contribution is -2.18. The van der Waals surface area contributed by atoms with Crippen molar-refractivity contribution in [3.05, 3.63) is 107 Å². The van der Waals surface area contributed by atoms with Crippen LogP contribution in [0.15, 0.2) is 85.1 Å². The number of carbonyl (C=O) groups excluding carboxylic acids is 1. The van der Waals surface area contributed by atoms with Crippen molar-refractivity contribution in [3.63, 3.8) is 0 Å². The summed E-state index contributed by atoms with van der Waals surface area (Å²) in [5.41, 5.74) is 5.89. The zero-order valence-corrected chi connectivity index (χ0v) is 22.0. The molecule has 1 saturated carbocycles. The molecule has 1 saturated heterocycles. The molecule has 39 heavy (non-hydrogen) atoms. The summed E-state index contributed by atoms with van der Waals surface area (Å²) >= 11 is 0. The van der Waals surface area contributed by atoms with Gasteiger partial charge in [0, 0.05) is 5.56 Å². The molecule has 2 heterocycles. The Morgan fingerprint density at radius 1 is 0.923 bits per heavy atom. The molecule has 2 aliphatic rings. The minimum Gasteiger partial charge on any atom is -0.489 e. The number of rotatable bonds is 10. The molecule has 0 spiro atoms. The number of hydrogen-bond donors (Lipinski definition) is 1. The second kappa shape index (κ2) is 11.8. The molecule has 1 aliphatic carbocycles. The molecule has 0 radical (unpaired) electrons. The van der Waals surface area contributed by atoms with Crippen LogP contribution in [0.2, 0.25) is 0 Å². The van der Waals surface area contributed by atoms with Crippen molar-refractivity contribution < 1.29 is 14.3 Å². The van der Waals surface area contributed by atoms with Crippen LogP contribution in [-0.2, 0) is 29.0 Å². The van der Waals surface area contributed by atoms with Gasteiger partial charge in [-0.2, -0.15) is 0 Å². The van der Waals surface area contributed by atoms with Gasteiger partial charge in [0.05, 0.1) is 30.6 Å². The molecule has 3 aromatic carbocycles. The summed E-state index contributed by atoms with van der Waals surface area (Å²) in [5.74, 6) is 1.88. The topological polar surface area (TPSA) is 76.6 Å². The average molecular weight is 520 g/mol. The van der Waals surface area contributed by atoms with E-state index in [1.165, 1.54) is 25.7 Å². The third kappa shape index (κ3) is 6.70. The number of carbonyl (C=O) groups is 1. The molecule has 1 atom stereocenters. The van der Waals surface area contributed by atoms with E-state index in [9.17, 15) is 4.79 Å². The van der Waals surface area contributed by atoms with E-state index >= 15 is 0 Å². The number of hydrogen-bond acceptors (Lipinski definition) is 5. The van der Waals surface area contributed by atoms with Crippen LogP contribution in [-0.4, -0.2) is 22.5 Å². The van der Waals surface area contributed by atoms with Crippen molar-refractivity contribution in [2.24, 2.45) is 5.92 Å². The second-order valence-corrected chi connectivity index (χ2v) is 10.5. The van der Waals surface area contributed by atoms with Crippen LogP contribution in [0.4, 0.5) is 5.82 Å². The van der Waals surface area contributed by atoms with Crippen LogP contribution >= 0.6 is 0 Å². The predicted molar refractivity (Wildman–Crippen MR) is 151 cm³/mol. The second-order valence-electron chi connectivity index (χ2n) is 10.5. The molecule has 4 aromatic rings. The van der Waals surface area contributed by atoms with Crippen LogP contribution in [0.5, 0.6) is 5.75 Å². The lowest BCUT2D eigenvalue weighted by Gasteiger charge is -2.15. The molecule has 2 fully saturated rings. The highest BCUT2D eigenvalue weighted by atomic mass is 16.6.